The first kappa shape index (κ1) is 25.6. The second kappa shape index (κ2) is 10.4. The van der Waals surface area contributed by atoms with Gasteiger partial charge in [-0.1, -0.05) is 152 Å². The van der Waals surface area contributed by atoms with E-state index in [-0.39, 0.29) is 0 Å². The lowest BCUT2D eigenvalue weighted by atomic mass is 9.85. The van der Waals surface area contributed by atoms with Crippen LogP contribution in [0.5, 0.6) is 0 Å². The molecule has 0 spiro atoms. The molecule has 0 aliphatic carbocycles. The smallest absolute Gasteiger partial charge is 0.0541 e. The number of hydrogen-bond donors (Lipinski definition) is 0. The lowest BCUT2D eigenvalue weighted by Crippen LogP contribution is -1.94. The van der Waals surface area contributed by atoms with Gasteiger partial charge in [-0.2, -0.15) is 0 Å². The van der Waals surface area contributed by atoms with Crippen LogP contribution in [0.25, 0.3) is 82.4 Å². The molecule has 9 aromatic rings. The molecule has 1 nitrogen and oxygen atoms in total. The van der Waals surface area contributed by atoms with E-state index >= 15 is 0 Å². The van der Waals surface area contributed by atoms with Crippen LogP contribution in [-0.4, -0.2) is 4.57 Å². The zero-order valence-corrected chi connectivity index (χ0v) is 24.7. The number of hydrogen-bond acceptors (Lipinski definition) is 0. The zero-order chi connectivity index (χ0) is 29.7. The molecule has 8 aromatic carbocycles. The molecule has 0 radical (unpaired) electrons. The lowest BCUT2D eigenvalue weighted by Gasteiger charge is -2.18. The summed E-state index contributed by atoms with van der Waals surface area (Å²) in [7, 11) is 0. The van der Waals surface area contributed by atoms with Crippen LogP contribution in [-0.2, 0) is 0 Å². The summed E-state index contributed by atoms with van der Waals surface area (Å²) >= 11 is 0. The van der Waals surface area contributed by atoms with E-state index in [4.69, 9.17) is 0 Å². The fraction of sp³-hybridized carbons (Fsp3) is 0. The molecule has 1 aromatic heterocycles. The molecule has 0 aliphatic heterocycles. The molecule has 0 saturated carbocycles. The summed E-state index contributed by atoms with van der Waals surface area (Å²) in [5.41, 5.74) is 11.1. The van der Waals surface area contributed by atoms with Crippen molar-refractivity contribution in [1.29, 1.82) is 0 Å². The van der Waals surface area contributed by atoms with Crippen LogP contribution in [0.15, 0.2) is 176 Å². The fourth-order valence-corrected chi connectivity index (χ4v) is 7.19. The SMILES string of the molecule is c1ccc(-c2ccc(-c3c4ccccc4c(-c4ccc(-n5c6ccccc6c6ccccc65)cc4)c4ccccc34)cc2)cc1. The van der Waals surface area contributed by atoms with Crippen LogP contribution in [0.4, 0.5) is 0 Å². The summed E-state index contributed by atoms with van der Waals surface area (Å²) in [6, 6.07) is 63.9. The summed E-state index contributed by atoms with van der Waals surface area (Å²) in [5, 5.41) is 7.63. The summed E-state index contributed by atoms with van der Waals surface area (Å²) < 4.78 is 2.38. The van der Waals surface area contributed by atoms with Gasteiger partial charge in [-0.25, -0.2) is 0 Å². The molecular weight excluding hydrogens is 542 g/mol. The van der Waals surface area contributed by atoms with Gasteiger partial charge in [-0.05, 0) is 79.2 Å². The lowest BCUT2D eigenvalue weighted by molar-refractivity contribution is 1.18. The molecule has 210 valence electrons. The second-order valence-electron chi connectivity index (χ2n) is 11.7. The van der Waals surface area contributed by atoms with Crippen molar-refractivity contribution in [3.05, 3.63) is 176 Å². The van der Waals surface area contributed by atoms with E-state index in [0.717, 1.165) is 0 Å². The van der Waals surface area contributed by atoms with E-state index < -0.39 is 0 Å². The highest BCUT2D eigenvalue weighted by atomic mass is 15.0. The minimum Gasteiger partial charge on any atom is -0.309 e. The van der Waals surface area contributed by atoms with Gasteiger partial charge in [-0.15, -0.1) is 0 Å². The Balaban J connectivity index is 1.23. The molecule has 0 atom stereocenters. The molecule has 0 aliphatic rings. The summed E-state index contributed by atoms with van der Waals surface area (Å²) in [5.74, 6) is 0. The van der Waals surface area contributed by atoms with Crippen molar-refractivity contribution < 1.29 is 0 Å². The highest BCUT2D eigenvalue weighted by Gasteiger charge is 2.17. The van der Waals surface area contributed by atoms with E-state index in [9.17, 15) is 0 Å². The Bertz CT molecular complexity index is 2390. The summed E-state index contributed by atoms with van der Waals surface area (Å²) in [6.45, 7) is 0. The first-order chi connectivity index (χ1) is 22.3. The minimum absolute atomic E-state index is 1.17. The molecule has 0 amide bonds. The molecule has 9 rings (SSSR count). The van der Waals surface area contributed by atoms with E-state index in [1.165, 1.54) is 82.4 Å². The normalized spacial score (nSPS) is 11.6. The van der Waals surface area contributed by atoms with Gasteiger partial charge >= 0.3 is 0 Å². The van der Waals surface area contributed by atoms with Crippen molar-refractivity contribution in [2.24, 2.45) is 0 Å². The van der Waals surface area contributed by atoms with Gasteiger partial charge in [0.15, 0.2) is 0 Å². The van der Waals surface area contributed by atoms with Gasteiger partial charge in [0, 0.05) is 16.5 Å². The third-order valence-electron chi connectivity index (χ3n) is 9.21. The zero-order valence-electron chi connectivity index (χ0n) is 24.7. The number of fused-ring (bicyclic) bond motifs is 5. The van der Waals surface area contributed by atoms with Crippen molar-refractivity contribution in [3.63, 3.8) is 0 Å². The molecule has 45 heavy (non-hydrogen) atoms. The predicted octanol–water partition coefficient (Wildman–Crippen LogP) is 12.1. The standard InChI is InChI=1S/C44H29N/c1-2-12-30(13-3-1)31-22-24-32(25-23-31)43-37-16-4-6-18-39(37)44(40-19-7-5-17-38(40)43)33-26-28-34(29-27-33)45-41-20-10-8-14-35(41)36-15-9-11-21-42(36)45/h1-29H. The largest absolute Gasteiger partial charge is 0.309 e. The van der Waals surface area contributed by atoms with E-state index in [2.05, 4.69) is 180 Å². The van der Waals surface area contributed by atoms with Crippen LogP contribution in [0.1, 0.15) is 0 Å². The van der Waals surface area contributed by atoms with Crippen LogP contribution in [0, 0.1) is 0 Å². The highest BCUT2D eigenvalue weighted by molar-refractivity contribution is 6.21. The number of nitrogens with zero attached hydrogens (tertiary/aromatic N) is 1. The molecule has 1 heteroatoms. The van der Waals surface area contributed by atoms with Crippen molar-refractivity contribution in [3.8, 4) is 39.1 Å². The van der Waals surface area contributed by atoms with Gasteiger partial charge in [0.25, 0.3) is 0 Å². The Morgan fingerprint density at radius 2 is 0.578 bits per heavy atom. The van der Waals surface area contributed by atoms with Gasteiger partial charge in [-0.3, -0.25) is 0 Å². The maximum atomic E-state index is 2.38. The topological polar surface area (TPSA) is 4.93 Å². The van der Waals surface area contributed by atoms with E-state index in [1.54, 1.807) is 0 Å². The fourth-order valence-electron chi connectivity index (χ4n) is 7.19. The monoisotopic (exact) mass is 571 g/mol. The predicted molar refractivity (Wildman–Crippen MR) is 192 cm³/mol. The van der Waals surface area contributed by atoms with Gasteiger partial charge in [0.1, 0.15) is 0 Å². The van der Waals surface area contributed by atoms with Gasteiger partial charge in [0.2, 0.25) is 0 Å². The average Bonchev–Trinajstić information content (AvgIpc) is 3.45. The quantitative estimate of drug-likeness (QED) is 0.185. The second-order valence-corrected chi connectivity index (χ2v) is 11.7. The molecule has 0 bridgehead atoms. The van der Waals surface area contributed by atoms with E-state index in [0.29, 0.717) is 0 Å². The molecule has 0 saturated heterocycles. The molecular formula is C44H29N. The van der Waals surface area contributed by atoms with Crippen molar-refractivity contribution in [2.45, 2.75) is 0 Å². The Morgan fingerprint density at radius 3 is 1.04 bits per heavy atom. The maximum Gasteiger partial charge on any atom is 0.0541 e. The van der Waals surface area contributed by atoms with Crippen molar-refractivity contribution in [1.82, 2.24) is 4.57 Å². The van der Waals surface area contributed by atoms with Gasteiger partial charge < -0.3 is 4.57 Å². The number of aromatic nitrogens is 1. The molecule has 0 fully saturated rings. The average molecular weight is 572 g/mol. The third kappa shape index (κ3) is 4.09. The first-order valence-corrected chi connectivity index (χ1v) is 15.5. The first-order valence-electron chi connectivity index (χ1n) is 15.5. The van der Waals surface area contributed by atoms with Crippen LogP contribution >= 0.6 is 0 Å². The van der Waals surface area contributed by atoms with Crippen LogP contribution in [0.2, 0.25) is 0 Å². The summed E-state index contributed by atoms with van der Waals surface area (Å²) in [6.07, 6.45) is 0. The van der Waals surface area contributed by atoms with Crippen molar-refractivity contribution in [2.75, 3.05) is 0 Å². The minimum atomic E-state index is 1.17. The number of benzene rings is 8. The highest BCUT2D eigenvalue weighted by Crippen LogP contribution is 2.44. The summed E-state index contributed by atoms with van der Waals surface area (Å²) in [4.78, 5) is 0. The van der Waals surface area contributed by atoms with Crippen LogP contribution < -0.4 is 0 Å². The van der Waals surface area contributed by atoms with E-state index in [1.807, 2.05) is 0 Å². The van der Waals surface area contributed by atoms with Crippen LogP contribution in [0.3, 0.4) is 0 Å². The Labute approximate surface area is 262 Å². The van der Waals surface area contributed by atoms with Gasteiger partial charge in [0.05, 0.1) is 11.0 Å². The Hall–Kier alpha value is -5.92. The maximum absolute atomic E-state index is 2.38. The third-order valence-corrected chi connectivity index (χ3v) is 9.21. The number of para-hydroxylation sites is 2. The van der Waals surface area contributed by atoms with Crippen molar-refractivity contribution >= 4 is 43.4 Å². The molecule has 0 N–H and O–H groups in total. The molecule has 0 unspecified atom stereocenters. The number of rotatable bonds is 4. The molecule has 1 heterocycles. The Kier molecular flexibility index (Phi) is 5.89. The Morgan fingerprint density at radius 1 is 0.244 bits per heavy atom.